The van der Waals surface area contributed by atoms with E-state index in [1.165, 1.54) is 12.2 Å². The van der Waals surface area contributed by atoms with Crippen LogP contribution in [0.25, 0.3) is 22.4 Å². The van der Waals surface area contributed by atoms with E-state index in [2.05, 4.69) is 40.1 Å². The number of hydrogen-bond acceptors (Lipinski definition) is 4. The smallest absolute Gasteiger partial charge is 0.295 e. The molecule has 22 heavy (non-hydrogen) atoms. The van der Waals surface area contributed by atoms with Crippen LogP contribution in [-0.2, 0) is 13.0 Å². The molecule has 1 N–H and O–H groups in total. The highest BCUT2D eigenvalue weighted by molar-refractivity contribution is 5.80. The summed E-state index contributed by atoms with van der Waals surface area (Å²) < 4.78 is 7.93. The third-order valence-corrected chi connectivity index (χ3v) is 4.26. The van der Waals surface area contributed by atoms with Gasteiger partial charge in [0.1, 0.15) is 11.3 Å². The molecule has 0 saturated carbocycles. The van der Waals surface area contributed by atoms with E-state index >= 15 is 0 Å². The molecule has 0 spiro atoms. The number of aromatic nitrogens is 3. The summed E-state index contributed by atoms with van der Waals surface area (Å²) in [5.41, 5.74) is 3.79. The van der Waals surface area contributed by atoms with Crippen LogP contribution in [0.5, 0.6) is 0 Å². The molecule has 5 nitrogen and oxygen atoms in total. The second kappa shape index (κ2) is 5.16. The molecule has 0 fully saturated rings. The Bertz CT molecular complexity index is 817. The Morgan fingerprint density at radius 3 is 3.14 bits per heavy atom. The molecule has 4 rings (SSSR count). The molecular formula is C17H20N4O. The normalized spacial score (nSPS) is 17.6. The number of nitrogens with zero attached hydrogens (tertiary/aromatic N) is 3. The monoisotopic (exact) mass is 296 g/mol. The Kier molecular flexibility index (Phi) is 3.13. The second-order valence-electron chi connectivity index (χ2n) is 6.07. The van der Waals surface area contributed by atoms with Crippen molar-refractivity contribution in [1.82, 2.24) is 14.5 Å². The quantitative estimate of drug-likeness (QED) is 0.800. The Labute approximate surface area is 129 Å². The van der Waals surface area contributed by atoms with Crippen LogP contribution >= 0.6 is 0 Å². The maximum absolute atomic E-state index is 5.65. The van der Waals surface area contributed by atoms with E-state index in [0.29, 0.717) is 6.01 Å². The summed E-state index contributed by atoms with van der Waals surface area (Å²) in [5.74, 6) is 1.92. The van der Waals surface area contributed by atoms with Crippen LogP contribution in [0, 0.1) is 5.92 Å². The number of nitrogens with one attached hydrogen (secondary N) is 1. The SMILES string of the molecule is CCNc1nc2cc(-c3cn4c(n3)CC(C)CC4)ccc2o1. The minimum absolute atomic E-state index is 0.576. The summed E-state index contributed by atoms with van der Waals surface area (Å²) in [4.78, 5) is 9.28. The van der Waals surface area contributed by atoms with Crippen LogP contribution in [0.15, 0.2) is 28.8 Å². The van der Waals surface area contributed by atoms with Crippen molar-refractivity contribution in [3.63, 3.8) is 0 Å². The molecule has 3 aromatic rings. The second-order valence-corrected chi connectivity index (χ2v) is 6.07. The lowest BCUT2D eigenvalue weighted by atomic mass is 10.0. The predicted octanol–water partition coefficient (Wildman–Crippen LogP) is 3.71. The molecule has 0 bridgehead atoms. The average molecular weight is 296 g/mol. The van der Waals surface area contributed by atoms with Gasteiger partial charge in [0.25, 0.3) is 6.01 Å². The minimum atomic E-state index is 0.576. The molecule has 0 saturated heterocycles. The number of imidazole rings is 1. The van der Waals surface area contributed by atoms with E-state index < -0.39 is 0 Å². The summed E-state index contributed by atoms with van der Waals surface area (Å²) in [6.07, 6.45) is 4.46. The Balaban J connectivity index is 1.71. The van der Waals surface area contributed by atoms with Gasteiger partial charge in [-0.3, -0.25) is 0 Å². The summed E-state index contributed by atoms with van der Waals surface area (Å²) >= 11 is 0. The molecular weight excluding hydrogens is 276 g/mol. The van der Waals surface area contributed by atoms with Crippen LogP contribution in [-0.4, -0.2) is 21.1 Å². The van der Waals surface area contributed by atoms with E-state index in [1.54, 1.807) is 0 Å². The molecule has 0 radical (unpaired) electrons. The topological polar surface area (TPSA) is 55.9 Å². The first-order valence-electron chi connectivity index (χ1n) is 7.94. The number of oxazole rings is 1. The number of benzene rings is 1. The zero-order chi connectivity index (χ0) is 15.1. The summed E-state index contributed by atoms with van der Waals surface area (Å²) in [6.45, 7) is 6.18. The molecule has 3 heterocycles. The van der Waals surface area contributed by atoms with Crippen LogP contribution < -0.4 is 5.32 Å². The fourth-order valence-corrected chi connectivity index (χ4v) is 3.04. The predicted molar refractivity (Wildman–Crippen MR) is 86.9 cm³/mol. The van der Waals surface area contributed by atoms with Gasteiger partial charge in [-0.15, -0.1) is 0 Å². The summed E-state index contributed by atoms with van der Waals surface area (Å²) in [7, 11) is 0. The summed E-state index contributed by atoms with van der Waals surface area (Å²) in [6, 6.07) is 6.66. The molecule has 2 aromatic heterocycles. The van der Waals surface area contributed by atoms with Gasteiger partial charge >= 0.3 is 0 Å². The Morgan fingerprint density at radius 2 is 2.27 bits per heavy atom. The lowest BCUT2D eigenvalue weighted by molar-refractivity contribution is 0.409. The maximum Gasteiger partial charge on any atom is 0.295 e. The third-order valence-electron chi connectivity index (χ3n) is 4.26. The summed E-state index contributed by atoms with van der Waals surface area (Å²) in [5, 5.41) is 3.10. The number of rotatable bonds is 3. The van der Waals surface area contributed by atoms with E-state index in [4.69, 9.17) is 9.40 Å². The number of fused-ring (bicyclic) bond motifs is 2. The van der Waals surface area contributed by atoms with Gasteiger partial charge < -0.3 is 14.3 Å². The van der Waals surface area contributed by atoms with Crippen LogP contribution in [0.4, 0.5) is 6.01 Å². The van der Waals surface area contributed by atoms with Crippen molar-refractivity contribution < 1.29 is 4.42 Å². The van der Waals surface area contributed by atoms with Gasteiger partial charge in [-0.05, 0) is 37.5 Å². The number of hydrogen-bond donors (Lipinski definition) is 1. The van der Waals surface area contributed by atoms with Gasteiger partial charge in [0.2, 0.25) is 0 Å². The highest BCUT2D eigenvalue weighted by Gasteiger charge is 2.18. The van der Waals surface area contributed by atoms with Gasteiger partial charge in [-0.25, -0.2) is 4.98 Å². The first kappa shape index (κ1) is 13.4. The molecule has 114 valence electrons. The Morgan fingerprint density at radius 1 is 1.36 bits per heavy atom. The molecule has 0 amide bonds. The highest BCUT2D eigenvalue weighted by Crippen LogP contribution is 2.28. The van der Waals surface area contributed by atoms with Gasteiger partial charge in [0.15, 0.2) is 5.58 Å². The van der Waals surface area contributed by atoms with Crippen LogP contribution in [0.2, 0.25) is 0 Å². The van der Waals surface area contributed by atoms with Crippen molar-refractivity contribution in [1.29, 1.82) is 0 Å². The van der Waals surface area contributed by atoms with Gasteiger partial charge in [-0.1, -0.05) is 6.92 Å². The van der Waals surface area contributed by atoms with E-state index in [-0.39, 0.29) is 0 Å². The van der Waals surface area contributed by atoms with Crippen molar-refractivity contribution in [2.75, 3.05) is 11.9 Å². The largest absolute Gasteiger partial charge is 0.424 e. The van der Waals surface area contributed by atoms with E-state index in [9.17, 15) is 0 Å². The van der Waals surface area contributed by atoms with Crippen molar-refractivity contribution in [2.24, 2.45) is 5.92 Å². The molecule has 1 atom stereocenters. The van der Waals surface area contributed by atoms with Crippen molar-refractivity contribution in [3.8, 4) is 11.3 Å². The van der Waals surface area contributed by atoms with Crippen molar-refractivity contribution in [2.45, 2.75) is 33.2 Å². The first-order valence-corrected chi connectivity index (χ1v) is 7.94. The zero-order valence-electron chi connectivity index (χ0n) is 13.0. The van der Waals surface area contributed by atoms with Crippen molar-refractivity contribution in [3.05, 3.63) is 30.2 Å². The highest BCUT2D eigenvalue weighted by atomic mass is 16.4. The molecule has 1 aliphatic heterocycles. The van der Waals surface area contributed by atoms with Gasteiger partial charge in [0, 0.05) is 31.3 Å². The molecule has 0 aliphatic carbocycles. The number of aryl methyl sites for hydroxylation is 1. The third kappa shape index (κ3) is 2.26. The van der Waals surface area contributed by atoms with Crippen molar-refractivity contribution >= 4 is 17.1 Å². The van der Waals surface area contributed by atoms with E-state index in [0.717, 1.165) is 47.8 Å². The molecule has 1 aliphatic rings. The molecule has 5 heteroatoms. The zero-order valence-corrected chi connectivity index (χ0v) is 13.0. The van der Waals surface area contributed by atoms with E-state index in [1.807, 2.05) is 13.0 Å². The number of anilines is 1. The molecule has 1 unspecified atom stereocenters. The first-order chi connectivity index (χ1) is 10.7. The van der Waals surface area contributed by atoms with Crippen LogP contribution in [0.1, 0.15) is 26.1 Å². The van der Waals surface area contributed by atoms with Gasteiger partial charge in [-0.2, -0.15) is 4.98 Å². The minimum Gasteiger partial charge on any atom is -0.424 e. The lowest BCUT2D eigenvalue weighted by Crippen LogP contribution is -2.16. The maximum atomic E-state index is 5.65. The lowest BCUT2D eigenvalue weighted by Gasteiger charge is -2.18. The van der Waals surface area contributed by atoms with Gasteiger partial charge in [0.05, 0.1) is 5.69 Å². The average Bonchev–Trinajstić information content (AvgIpc) is 3.09. The van der Waals surface area contributed by atoms with Crippen LogP contribution in [0.3, 0.4) is 0 Å². The molecule has 1 aromatic carbocycles. The fraction of sp³-hybridized carbons (Fsp3) is 0.412. The standard InChI is InChI=1S/C17H20N4O/c1-3-18-17-20-13-9-12(4-5-15(13)22-17)14-10-21-7-6-11(2)8-16(21)19-14/h4-5,9-11H,3,6-8H2,1-2H3,(H,18,20). The fourth-order valence-electron chi connectivity index (χ4n) is 3.04. The Hall–Kier alpha value is -2.30.